The predicted octanol–water partition coefficient (Wildman–Crippen LogP) is 1.36. The molecule has 0 bridgehead atoms. The van der Waals surface area contributed by atoms with Crippen molar-refractivity contribution in [3.63, 3.8) is 0 Å². The van der Waals surface area contributed by atoms with Crippen molar-refractivity contribution < 1.29 is 17.6 Å². The van der Waals surface area contributed by atoms with Gasteiger partial charge in [0.15, 0.2) is 0 Å². The normalized spacial score (nSPS) is 21.2. The van der Waals surface area contributed by atoms with Crippen LogP contribution in [0, 0.1) is 0 Å². The second-order valence-corrected chi connectivity index (χ2v) is 3.70. The van der Waals surface area contributed by atoms with E-state index >= 15 is 0 Å². The molecule has 1 heterocycles. The molecule has 2 nitrogen and oxygen atoms in total. The number of hydrogen-bond donors (Lipinski definition) is 1. The first-order valence-electron chi connectivity index (χ1n) is 4.20. The standard InChI is InChI=1S/C7H11ClF4N2/c8-7(11,12)6(9,10)5-14-3-1-13-2-4-14/h13H,1-5H2. The molecular formula is C7H11ClF4N2. The first kappa shape index (κ1) is 12.0. The quantitative estimate of drug-likeness (QED) is 0.586. The summed E-state index contributed by atoms with van der Waals surface area (Å²) < 4.78 is 50.0. The zero-order chi connectivity index (χ0) is 10.8. The van der Waals surface area contributed by atoms with Crippen LogP contribution in [-0.2, 0) is 0 Å². The molecule has 0 radical (unpaired) electrons. The van der Waals surface area contributed by atoms with E-state index in [0.29, 0.717) is 26.2 Å². The summed E-state index contributed by atoms with van der Waals surface area (Å²) in [5.41, 5.74) is 0. The van der Waals surface area contributed by atoms with Gasteiger partial charge in [-0.15, -0.1) is 0 Å². The van der Waals surface area contributed by atoms with Crippen LogP contribution in [0.25, 0.3) is 0 Å². The molecule has 1 rings (SSSR count). The van der Waals surface area contributed by atoms with Gasteiger partial charge in [-0.3, -0.25) is 4.90 Å². The number of nitrogens with one attached hydrogen (secondary N) is 1. The van der Waals surface area contributed by atoms with E-state index in [9.17, 15) is 17.6 Å². The Morgan fingerprint density at radius 3 is 2.07 bits per heavy atom. The lowest BCUT2D eigenvalue weighted by atomic mass is 10.2. The maximum absolute atomic E-state index is 12.8. The Morgan fingerprint density at radius 1 is 1.14 bits per heavy atom. The van der Waals surface area contributed by atoms with Crippen LogP contribution >= 0.6 is 11.6 Å². The number of hydrogen-bond acceptors (Lipinski definition) is 2. The minimum absolute atomic E-state index is 0.336. The highest BCUT2D eigenvalue weighted by Crippen LogP contribution is 2.38. The third-order valence-corrected chi connectivity index (χ3v) is 2.32. The van der Waals surface area contributed by atoms with Gasteiger partial charge in [-0.25, -0.2) is 0 Å². The summed E-state index contributed by atoms with van der Waals surface area (Å²) >= 11 is 4.32. The lowest BCUT2D eigenvalue weighted by molar-refractivity contribution is -0.169. The number of rotatable bonds is 3. The monoisotopic (exact) mass is 234 g/mol. The van der Waals surface area contributed by atoms with Crippen molar-refractivity contribution in [1.82, 2.24) is 10.2 Å². The molecule has 1 aliphatic heterocycles. The summed E-state index contributed by atoms with van der Waals surface area (Å²) in [4.78, 5) is 1.27. The highest BCUT2D eigenvalue weighted by atomic mass is 35.5. The molecule has 0 amide bonds. The molecule has 14 heavy (non-hydrogen) atoms. The predicted molar refractivity (Wildman–Crippen MR) is 45.1 cm³/mol. The molecule has 0 unspecified atom stereocenters. The summed E-state index contributed by atoms with van der Waals surface area (Å²) in [6.45, 7) is 0.740. The largest absolute Gasteiger partial charge is 0.385 e. The van der Waals surface area contributed by atoms with E-state index in [-0.39, 0.29) is 0 Å². The maximum atomic E-state index is 12.8. The van der Waals surface area contributed by atoms with Gasteiger partial charge in [-0.2, -0.15) is 17.6 Å². The third kappa shape index (κ3) is 2.96. The lowest BCUT2D eigenvalue weighted by Crippen LogP contribution is -2.52. The minimum Gasteiger partial charge on any atom is -0.314 e. The van der Waals surface area contributed by atoms with Gasteiger partial charge < -0.3 is 5.32 Å². The fraction of sp³-hybridized carbons (Fsp3) is 1.00. The number of nitrogens with zero attached hydrogens (tertiary/aromatic N) is 1. The van der Waals surface area contributed by atoms with Gasteiger partial charge in [0, 0.05) is 26.2 Å². The summed E-state index contributed by atoms with van der Waals surface area (Å²) in [6, 6.07) is 0. The Balaban J connectivity index is 2.49. The lowest BCUT2D eigenvalue weighted by Gasteiger charge is -2.31. The van der Waals surface area contributed by atoms with Gasteiger partial charge in [-0.05, 0) is 11.6 Å². The molecule has 1 aliphatic rings. The van der Waals surface area contributed by atoms with E-state index in [1.165, 1.54) is 4.90 Å². The van der Waals surface area contributed by atoms with Crippen LogP contribution in [0.5, 0.6) is 0 Å². The van der Waals surface area contributed by atoms with E-state index in [0.717, 1.165) is 0 Å². The van der Waals surface area contributed by atoms with Crippen LogP contribution in [0.3, 0.4) is 0 Å². The van der Waals surface area contributed by atoms with Crippen molar-refractivity contribution in [3.8, 4) is 0 Å². The second kappa shape index (κ2) is 4.20. The highest BCUT2D eigenvalue weighted by Gasteiger charge is 2.55. The van der Waals surface area contributed by atoms with E-state index in [2.05, 4.69) is 16.9 Å². The molecule has 0 aliphatic carbocycles. The molecule has 0 aromatic carbocycles. The van der Waals surface area contributed by atoms with Gasteiger partial charge in [0.05, 0.1) is 6.54 Å². The fourth-order valence-corrected chi connectivity index (χ4v) is 1.30. The van der Waals surface area contributed by atoms with E-state index < -0.39 is 17.8 Å². The van der Waals surface area contributed by atoms with Crippen molar-refractivity contribution >= 4 is 11.6 Å². The van der Waals surface area contributed by atoms with Crippen LogP contribution in [-0.4, -0.2) is 48.9 Å². The number of alkyl halides is 5. The van der Waals surface area contributed by atoms with E-state index in [4.69, 9.17) is 0 Å². The zero-order valence-electron chi connectivity index (χ0n) is 7.37. The Kier molecular flexibility index (Phi) is 3.60. The van der Waals surface area contributed by atoms with Crippen LogP contribution < -0.4 is 5.32 Å². The SMILES string of the molecule is FC(F)(Cl)C(F)(F)CN1CCNCC1. The summed E-state index contributed by atoms with van der Waals surface area (Å²) in [7, 11) is 0. The molecule has 84 valence electrons. The average Bonchev–Trinajstić information content (AvgIpc) is 2.03. The van der Waals surface area contributed by atoms with Crippen molar-refractivity contribution in [3.05, 3.63) is 0 Å². The molecule has 1 saturated heterocycles. The smallest absolute Gasteiger partial charge is 0.314 e. The fourth-order valence-electron chi connectivity index (χ4n) is 1.24. The Morgan fingerprint density at radius 2 is 1.64 bits per heavy atom. The molecular weight excluding hydrogens is 224 g/mol. The second-order valence-electron chi connectivity index (χ2n) is 3.23. The number of halogens is 5. The van der Waals surface area contributed by atoms with Crippen LogP contribution in [0.2, 0.25) is 0 Å². The highest BCUT2D eigenvalue weighted by molar-refractivity contribution is 6.22. The molecule has 0 saturated carbocycles. The van der Waals surface area contributed by atoms with Gasteiger partial charge in [0.2, 0.25) is 0 Å². The Bertz CT molecular complexity index is 189. The maximum Gasteiger partial charge on any atom is 0.385 e. The number of piperazine rings is 1. The molecule has 1 fully saturated rings. The topological polar surface area (TPSA) is 15.3 Å². The van der Waals surface area contributed by atoms with Crippen molar-refractivity contribution in [2.45, 2.75) is 11.3 Å². The van der Waals surface area contributed by atoms with Crippen LogP contribution in [0.15, 0.2) is 0 Å². The first-order chi connectivity index (χ1) is 6.33. The summed E-state index contributed by atoms with van der Waals surface area (Å²) in [5.74, 6) is -4.17. The van der Waals surface area contributed by atoms with Crippen LogP contribution in [0.1, 0.15) is 0 Å². The minimum atomic E-state index is -4.47. The van der Waals surface area contributed by atoms with Crippen molar-refractivity contribution in [2.75, 3.05) is 32.7 Å². The Hall–Kier alpha value is -0.0700. The van der Waals surface area contributed by atoms with E-state index in [1.807, 2.05) is 0 Å². The van der Waals surface area contributed by atoms with Crippen molar-refractivity contribution in [2.24, 2.45) is 0 Å². The molecule has 7 heteroatoms. The summed E-state index contributed by atoms with van der Waals surface area (Å²) in [6.07, 6.45) is 0. The molecule has 0 aromatic rings. The molecule has 0 aromatic heterocycles. The molecule has 0 spiro atoms. The van der Waals surface area contributed by atoms with Gasteiger partial charge in [0.1, 0.15) is 0 Å². The van der Waals surface area contributed by atoms with Gasteiger partial charge >= 0.3 is 11.3 Å². The van der Waals surface area contributed by atoms with Gasteiger partial charge in [-0.1, -0.05) is 0 Å². The molecule has 1 N–H and O–H groups in total. The average molecular weight is 235 g/mol. The van der Waals surface area contributed by atoms with Gasteiger partial charge in [0.25, 0.3) is 0 Å². The third-order valence-electron chi connectivity index (χ3n) is 2.05. The first-order valence-corrected chi connectivity index (χ1v) is 4.58. The van der Waals surface area contributed by atoms with Crippen LogP contribution in [0.4, 0.5) is 17.6 Å². The Labute approximate surface area is 84.2 Å². The van der Waals surface area contributed by atoms with E-state index in [1.54, 1.807) is 0 Å². The molecule has 0 atom stereocenters. The van der Waals surface area contributed by atoms with Crippen molar-refractivity contribution in [1.29, 1.82) is 0 Å². The zero-order valence-corrected chi connectivity index (χ0v) is 8.13. The summed E-state index contributed by atoms with van der Waals surface area (Å²) in [5, 5.41) is -1.54.